The Morgan fingerprint density at radius 2 is 1.47 bits per heavy atom. The molecule has 32 heavy (non-hydrogen) atoms. The zero-order valence-electron chi connectivity index (χ0n) is 18.5. The molecule has 0 aliphatic carbocycles. The summed E-state index contributed by atoms with van der Waals surface area (Å²) in [6, 6.07) is 21.5. The normalized spacial score (nSPS) is 13.3. The van der Waals surface area contributed by atoms with Gasteiger partial charge in [0.15, 0.2) is 0 Å². The zero-order chi connectivity index (χ0) is 23.1. The van der Waals surface area contributed by atoms with Gasteiger partial charge >= 0.3 is 5.97 Å². The molecule has 0 heterocycles. The van der Waals surface area contributed by atoms with E-state index < -0.39 is 11.6 Å². The molecule has 0 aliphatic rings. The van der Waals surface area contributed by atoms with Crippen LogP contribution in [0.2, 0.25) is 0 Å². The van der Waals surface area contributed by atoms with Crippen LogP contribution in [0.4, 0.5) is 4.39 Å². The van der Waals surface area contributed by atoms with Gasteiger partial charge in [-0.2, -0.15) is 0 Å². The Balaban J connectivity index is 1.57. The quantitative estimate of drug-likeness (QED) is 0.412. The van der Waals surface area contributed by atoms with Gasteiger partial charge < -0.3 is 14.6 Å². The number of hydrogen-bond acceptors (Lipinski definition) is 3. The van der Waals surface area contributed by atoms with Crippen molar-refractivity contribution < 1.29 is 23.8 Å². The van der Waals surface area contributed by atoms with Crippen molar-refractivity contribution >= 4 is 11.5 Å². The summed E-state index contributed by atoms with van der Waals surface area (Å²) in [5.41, 5.74) is 2.90. The van der Waals surface area contributed by atoms with Crippen molar-refractivity contribution in [1.29, 1.82) is 0 Å². The molecule has 4 nitrogen and oxygen atoms in total. The number of benzene rings is 3. The van der Waals surface area contributed by atoms with Gasteiger partial charge in [-0.3, -0.25) is 0 Å². The van der Waals surface area contributed by atoms with Crippen LogP contribution in [0.3, 0.4) is 0 Å². The van der Waals surface area contributed by atoms with Crippen molar-refractivity contribution in [1.82, 2.24) is 0 Å². The van der Waals surface area contributed by atoms with E-state index in [0.717, 1.165) is 22.3 Å². The largest absolute Gasteiger partial charge is 0.490 e. The second kappa shape index (κ2) is 10.1. The Bertz CT molecular complexity index is 1070. The maximum atomic E-state index is 13.1. The standard InChI is InChI=1S/C27H27FO4/c1-4-27(3,26(29)30)32-25-15-13-24(14-16-25)31-18-17-19(2)20-5-7-21(8-6-20)22-9-11-23(28)12-10-22/h5-17H,4,18H2,1-3H3,(H,29,30)/b19-17+. The van der Waals surface area contributed by atoms with Gasteiger partial charge in [-0.05, 0) is 85.0 Å². The van der Waals surface area contributed by atoms with Gasteiger partial charge in [-0.1, -0.05) is 43.3 Å². The number of carboxylic acid groups (broad SMARTS) is 1. The zero-order valence-corrected chi connectivity index (χ0v) is 18.5. The fourth-order valence-electron chi connectivity index (χ4n) is 3.08. The minimum Gasteiger partial charge on any atom is -0.490 e. The van der Waals surface area contributed by atoms with Crippen molar-refractivity contribution in [3.8, 4) is 22.6 Å². The molecule has 0 radical (unpaired) electrons. The van der Waals surface area contributed by atoms with Gasteiger partial charge in [0.25, 0.3) is 0 Å². The van der Waals surface area contributed by atoms with E-state index in [1.54, 1.807) is 50.2 Å². The minimum absolute atomic E-state index is 0.244. The van der Waals surface area contributed by atoms with Crippen molar-refractivity contribution in [2.24, 2.45) is 0 Å². The van der Waals surface area contributed by atoms with E-state index in [1.165, 1.54) is 12.1 Å². The Labute approximate surface area is 187 Å². The summed E-state index contributed by atoms with van der Waals surface area (Å²) in [5, 5.41) is 9.32. The van der Waals surface area contributed by atoms with E-state index in [2.05, 4.69) is 0 Å². The highest BCUT2D eigenvalue weighted by molar-refractivity contribution is 5.77. The Morgan fingerprint density at radius 3 is 2.00 bits per heavy atom. The third kappa shape index (κ3) is 5.76. The topological polar surface area (TPSA) is 55.8 Å². The minimum atomic E-state index is -1.26. The molecule has 0 aromatic heterocycles. The number of rotatable bonds is 9. The molecule has 0 aliphatic heterocycles. The van der Waals surface area contributed by atoms with Crippen LogP contribution in [0.1, 0.15) is 32.8 Å². The maximum absolute atomic E-state index is 13.1. The lowest BCUT2D eigenvalue weighted by Gasteiger charge is -2.24. The van der Waals surface area contributed by atoms with E-state index in [1.807, 2.05) is 37.3 Å². The first-order valence-corrected chi connectivity index (χ1v) is 10.5. The van der Waals surface area contributed by atoms with E-state index in [0.29, 0.717) is 24.5 Å². The van der Waals surface area contributed by atoms with Gasteiger partial charge in [0.05, 0.1) is 0 Å². The number of allylic oxidation sites excluding steroid dienone is 1. The number of carbonyl (C=O) groups is 1. The average molecular weight is 435 g/mol. The summed E-state index contributed by atoms with van der Waals surface area (Å²) in [7, 11) is 0. The fourth-order valence-corrected chi connectivity index (χ4v) is 3.08. The lowest BCUT2D eigenvalue weighted by molar-refractivity contribution is -0.154. The molecule has 1 atom stereocenters. The van der Waals surface area contributed by atoms with Crippen LogP contribution in [0, 0.1) is 5.82 Å². The average Bonchev–Trinajstić information content (AvgIpc) is 2.80. The molecular formula is C27H27FO4. The Kier molecular flexibility index (Phi) is 7.31. The predicted octanol–water partition coefficient (Wildman–Crippen LogP) is 6.61. The highest BCUT2D eigenvalue weighted by atomic mass is 19.1. The van der Waals surface area contributed by atoms with Crippen molar-refractivity contribution in [3.63, 3.8) is 0 Å². The Hall–Kier alpha value is -3.60. The molecule has 1 N–H and O–H groups in total. The third-order valence-corrected chi connectivity index (χ3v) is 5.45. The molecule has 0 saturated carbocycles. The number of hydrogen-bond donors (Lipinski definition) is 1. The van der Waals surface area contributed by atoms with Gasteiger partial charge in [-0.25, -0.2) is 9.18 Å². The fraction of sp³-hybridized carbons (Fsp3) is 0.222. The highest BCUT2D eigenvalue weighted by Crippen LogP contribution is 2.25. The van der Waals surface area contributed by atoms with E-state index in [-0.39, 0.29) is 5.82 Å². The summed E-state index contributed by atoms with van der Waals surface area (Å²) >= 11 is 0. The van der Waals surface area contributed by atoms with Crippen LogP contribution < -0.4 is 9.47 Å². The van der Waals surface area contributed by atoms with Crippen molar-refractivity contribution in [2.75, 3.05) is 6.61 Å². The summed E-state index contributed by atoms with van der Waals surface area (Å²) < 4.78 is 24.5. The van der Waals surface area contributed by atoms with E-state index >= 15 is 0 Å². The lowest BCUT2D eigenvalue weighted by atomic mass is 10.0. The summed E-state index contributed by atoms with van der Waals surface area (Å²) in [6.07, 6.45) is 2.35. The van der Waals surface area contributed by atoms with Crippen LogP contribution in [0.15, 0.2) is 78.9 Å². The molecule has 1 unspecified atom stereocenters. The van der Waals surface area contributed by atoms with Crippen LogP contribution in [-0.4, -0.2) is 23.3 Å². The van der Waals surface area contributed by atoms with E-state index in [4.69, 9.17) is 9.47 Å². The second-order valence-corrected chi connectivity index (χ2v) is 7.75. The Morgan fingerprint density at radius 1 is 0.938 bits per heavy atom. The highest BCUT2D eigenvalue weighted by Gasteiger charge is 2.33. The molecule has 5 heteroatoms. The molecule has 0 bridgehead atoms. The molecule has 0 saturated heterocycles. The van der Waals surface area contributed by atoms with Crippen LogP contribution in [0.25, 0.3) is 16.7 Å². The molecule has 0 amide bonds. The van der Waals surface area contributed by atoms with Crippen LogP contribution in [0.5, 0.6) is 11.5 Å². The number of carboxylic acids is 1. The first-order valence-electron chi connectivity index (χ1n) is 10.5. The predicted molar refractivity (Wildman–Crippen MR) is 124 cm³/mol. The summed E-state index contributed by atoms with van der Waals surface area (Å²) in [5.74, 6) is -0.0868. The summed E-state index contributed by atoms with van der Waals surface area (Å²) in [4.78, 5) is 11.4. The maximum Gasteiger partial charge on any atom is 0.347 e. The molecule has 3 rings (SSSR count). The van der Waals surface area contributed by atoms with Crippen molar-refractivity contribution in [2.45, 2.75) is 32.8 Å². The van der Waals surface area contributed by atoms with Gasteiger partial charge in [0.2, 0.25) is 5.60 Å². The van der Waals surface area contributed by atoms with Gasteiger partial charge in [0.1, 0.15) is 23.9 Å². The van der Waals surface area contributed by atoms with Crippen molar-refractivity contribution in [3.05, 3.63) is 90.3 Å². The summed E-state index contributed by atoms with van der Waals surface area (Å²) in [6.45, 7) is 5.74. The van der Waals surface area contributed by atoms with Crippen LogP contribution >= 0.6 is 0 Å². The molecule has 3 aromatic carbocycles. The molecule has 0 fully saturated rings. The second-order valence-electron chi connectivity index (χ2n) is 7.75. The number of halogens is 1. The lowest BCUT2D eigenvalue weighted by Crippen LogP contribution is -2.40. The van der Waals surface area contributed by atoms with Crippen LogP contribution in [-0.2, 0) is 4.79 Å². The van der Waals surface area contributed by atoms with Gasteiger partial charge in [-0.15, -0.1) is 0 Å². The monoisotopic (exact) mass is 434 g/mol. The number of aliphatic carboxylic acids is 1. The van der Waals surface area contributed by atoms with Gasteiger partial charge in [0, 0.05) is 0 Å². The smallest absolute Gasteiger partial charge is 0.347 e. The number of ether oxygens (including phenoxy) is 2. The first kappa shape index (κ1) is 23.1. The third-order valence-electron chi connectivity index (χ3n) is 5.45. The molecule has 166 valence electrons. The SMILES string of the molecule is CCC(C)(Oc1ccc(OC/C=C(\C)c2ccc(-c3ccc(F)cc3)cc2)cc1)C(=O)O. The molecule has 3 aromatic rings. The first-order chi connectivity index (χ1) is 15.3. The van der Waals surface area contributed by atoms with E-state index in [9.17, 15) is 14.3 Å². The molecule has 0 spiro atoms. The molecular weight excluding hydrogens is 407 g/mol.